The molecule has 0 radical (unpaired) electrons. The highest BCUT2D eigenvalue weighted by molar-refractivity contribution is 5.69. The number of rotatable bonds is 31. The zero-order chi connectivity index (χ0) is 26.2. The minimum atomic E-state index is -0.128. The van der Waals surface area contributed by atoms with Crippen LogP contribution in [0.4, 0.5) is 0 Å². The highest BCUT2D eigenvalue weighted by Gasteiger charge is 2.02. The van der Waals surface area contributed by atoms with Gasteiger partial charge in [-0.2, -0.15) is 0 Å². The third-order valence-corrected chi connectivity index (χ3v) is 6.23. The summed E-state index contributed by atoms with van der Waals surface area (Å²) in [4.78, 5) is 11.5. The van der Waals surface area contributed by atoms with E-state index in [1.807, 2.05) is 0 Å². The van der Waals surface area contributed by atoms with E-state index in [4.69, 9.17) is 23.7 Å². The summed E-state index contributed by atoms with van der Waals surface area (Å²) in [6.45, 7) is 9.40. The Morgan fingerprint density at radius 3 is 1.17 bits per heavy atom. The van der Waals surface area contributed by atoms with Gasteiger partial charge in [0.1, 0.15) is 6.61 Å². The second-order valence-corrected chi connectivity index (χ2v) is 9.72. The van der Waals surface area contributed by atoms with Crippen LogP contribution in [0.3, 0.4) is 0 Å². The fourth-order valence-electron chi connectivity index (χ4n) is 3.97. The molecule has 0 bridgehead atoms. The van der Waals surface area contributed by atoms with Crippen LogP contribution in [-0.2, 0) is 28.5 Å². The fraction of sp³-hybridized carbons (Fsp3) is 0.967. The van der Waals surface area contributed by atoms with Crippen LogP contribution in [0.15, 0.2) is 0 Å². The number of ether oxygens (including phenoxy) is 5. The second-order valence-electron chi connectivity index (χ2n) is 9.72. The van der Waals surface area contributed by atoms with Crippen LogP contribution in [0.5, 0.6) is 0 Å². The molecule has 6 heteroatoms. The molecule has 216 valence electrons. The van der Waals surface area contributed by atoms with Crippen LogP contribution < -0.4 is 0 Å². The molecule has 0 heterocycles. The van der Waals surface area contributed by atoms with Gasteiger partial charge in [0.25, 0.3) is 0 Å². The van der Waals surface area contributed by atoms with E-state index in [9.17, 15) is 4.79 Å². The highest BCUT2D eigenvalue weighted by atomic mass is 16.6. The summed E-state index contributed by atoms with van der Waals surface area (Å²) in [5.74, 6) is -0.128. The molecule has 0 amide bonds. The van der Waals surface area contributed by atoms with Crippen LogP contribution in [0.25, 0.3) is 0 Å². The average Bonchev–Trinajstić information content (AvgIpc) is 2.88. The zero-order valence-corrected chi connectivity index (χ0v) is 24.0. The Morgan fingerprint density at radius 2 is 0.722 bits per heavy atom. The van der Waals surface area contributed by atoms with Gasteiger partial charge < -0.3 is 23.7 Å². The number of carbonyl (C=O) groups is 1. The Morgan fingerprint density at radius 1 is 0.389 bits per heavy atom. The molecule has 0 aromatic rings. The van der Waals surface area contributed by atoms with Gasteiger partial charge in [-0.3, -0.25) is 4.79 Å². The molecule has 0 aromatic heterocycles. The maximum atomic E-state index is 11.5. The maximum absolute atomic E-state index is 11.5. The van der Waals surface area contributed by atoms with E-state index < -0.39 is 0 Å². The normalized spacial score (nSPS) is 11.3. The Balaban J connectivity index is 3.07. The van der Waals surface area contributed by atoms with Gasteiger partial charge >= 0.3 is 5.97 Å². The van der Waals surface area contributed by atoms with Crippen LogP contribution >= 0.6 is 0 Å². The summed E-state index contributed by atoms with van der Waals surface area (Å²) in [6.07, 6.45) is 22.7. The molecule has 0 atom stereocenters. The first-order chi connectivity index (χ1) is 17.8. The van der Waals surface area contributed by atoms with Crippen molar-refractivity contribution in [2.45, 2.75) is 129 Å². The largest absolute Gasteiger partial charge is 0.463 e. The van der Waals surface area contributed by atoms with E-state index in [1.165, 1.54) is 89.9 Å². The molecule has 0 saturated heterocycles. The molecular formula is C30H60O6. The van der Waals surface area contributed by atoms with Gasteiger partial charge in [0.05, 0.1) is 46.2 Å². The van der Waals surface area contributed by atoms with Crippen LogP contribution in [0, 0.1) is 0 Å². The third kappa shape index (κ3) is 31.3. The monoisotopic (exact) mass is 516 g/mol. The lowest BCUT2D eigenvalue weighted by Crippen LogP contribution is -2.14. The number of hydrogen-bond donors (Lipinski definition) is 0. The van der Waals surface area contributed by atoms with Crippen molar-refractivity contribution in [1.29, 1.82) is 0 Å². The summed E-state index contributed by atoms with van der Waals surface area (Å²) in [5, 5.41) is 0. The number of esters is 1. The Labute approximate surface area is 223 Å². The molecule has 0 saturated carbocycles. The van der Waals surface area contributed by atoms with Gasteiger partial charge in [-0.05, 0) is 12.8 Å². The molecule has 0 rings (SSSR count). The molecule has 0 aliphatic carbocycles. The van der Waals surface area contributed by atoms with Crippen LogP contribution in [0.1, 0.15) is 129 Å². The topological polar surface area (TPSA) is 63.2 Å². The summed E-state index contributed by atoms with van der Waals surface area (Å²) < 4.78 is 27.2. The van der Waals surface area contributed by atoms with E-state index in [-0.39, 0.29) is 5.97 Å². The average molecular weight is 517 g/mol. The van der Waals surface area contributed by atoms with Gasteiger partial charge in [0.15, 0.2) is 0 Å². The summed E-state index contributed by atoms with van der Waals surface area (Å²) in [6, 6.07) is 0. The molecule has 0 aliphatic rings. The smallest absolute Gasteiger partial charge is 0.305 e. The first kappa shape index (κ1) is 35.3. The standard InChI is InChI=1S/C30H60O6/c1-3-5-7-9-10-11-12-13-14-15-16-17-19-21-32-22-23-33-24-25-34-26-27-35-28-29-36-30(31)20-18-8-6-4-2/h3-29H2,1-2H3. The Kier molecular flexibility index (Phi) is 31.7. The SMILES string of the molecule is CCCCCCCCCCCCCCCOCCOCCOCCOCCOC(=O)CCCCCC. The molecule has 0 aliphatic heterocycles. The van der Waals surface area contributed by atoms with Crippen molar-refractivity contribution in [1.82, 2.24) is 0 Å². The van der Waals surface area contributed by atoms with Gasteiger partial charge in [-0.1, -0.05) is 110 Å². The van der Waals surface area contributed by atoms with Crippen molar-refractivity contribution in [3.8, 4) is 0 Å². The van der Waals surface area contributed by atoms with Gasteiger partial charge in [0.2, 0.25) is 0 Å². The van der Waals surface area contributed by atoms with Crippen molar-refractivity contribution in [3.05, 3.63) is 0 Å². The molecule has 0 spiro atoms. The van der Waals surface area contributed by atoms with Gasteiger partial charge in [-0.25, -0.2) is 0 Å². The number of carbonyl (C=O) groups excluding carboxylic acids is 1. The molecule has 0 fully saturated rings. The lowest BCUT2D eigenvalue weighted by atomic mass is 10.0. The molecule has 36 heavy (non-hydrogen) atoms. The minimum absolute atomic E-state index is 0.128. The molecule has 0 aromatic carbocycles. The van der Waals surface area contributed by atoms with E-state index in [0.29, 0.717) is 59.3 Å². The minimum Gasteiger partial charge on any atom is -0.463 e. The third-order valence-electron chi connectivity index (χ3n) is 6.23. The van der Waals surface area contributed by atoms with Crippen molar-refractivity contribution in [2.24, 2.45) is 0 Å². The lowest BCUT2D eigenvalue weighted by Gasteiger charge is -2.08. The fourth-order valence-corrected chi connectivity index (χ4v) is 3.97. The first-order valence-corrected chi connectivity index (χ1v) is 15.3. The Bertz CT molecular complexity index is 418. The van der Waals surface area contributed by atoms with Crippen molar-refractivity contribution >= 4 is 5.97 Å². The van der Waals surface area contributed by atoms with E-state index in [1.54, 1.807) is 0 Å². The zero-order valence-electron chi connectivity index (χ0n) is 24.0. The molecular weight excluding hydrogens is 456 g/mol. The van der Waals surface area contributed by atoms with Crippen LogP contribution in [0.2, 0.25) is 0 Å². The summed E-state index contributed by atoms with van der Waals surface area (Å²) >= 11 is 0. The highest BCUT2D eigenvalue weighted by Crippen LogP contribution is 2.12. The lowest BCUT2D eigenvalue weighted by molar-refractivity contribution is -0.145. The van der Waals surface area contributed by atoms with Gasteiger partial charge in [0, 0.05) is 13.0 Å². The van der Waals surface area contributed by atoms with E-state index in [0.717, 1.165) is 25.9 Å². The Hall–Kier alpha value is -0.690. The molecule has 0 N–H and O–H groups in total. The second kappa shape index (κ2) is 32.3. The van der Waals surface area contributed by atoms with Gasteiger partial charge in [-0.15, -0.1) is 0 Å². The predicted molar refractivity (Wildman–Crippen MR) is 149 cm³/mol. The predicted octanol–water partition coefficient (Wildman–Crippen LogP) is 7.66. The van der Waals surface area contributed by atoms with E-state index >= 15 is 0 Å². The molecule has 6 nitrogen and oxygen atoms in total. The van der Waals surface area contributed by atoms with E-state index in [2.05, 4.69) is 13.8 Å². The number of unbranched alkanes of at least 4 members (excludes halogenated alkanes) is 15. The summed E-state index contributed by atoms with van der Waals surface area (Å²) in [5.41, 5.74) is 0. The molecule has 0 unspecified atom stereocenters. The quantitative estimate of drug-likeness (QED) is 0.0696. The van der Waals surface area contributed by atoms with Crippen molar-refractivity contribution in [2.75, 3.05) is 59.5 Å². The summed E-state index contributed by atoms with van der Waals surface area (Å²) in [7, 11) is 0. The maximum Gasteiger partial charge on any atom is 0.305 e. The van der Waals surface area contributed by atoms with Crippen molar-refractivity contribution < 1.29 is 28.5 Å². The van der Waals surface area contributed by atoms with Crippen LogP contribution in [-0.4, -0.2) is 65.4 Å². The number of hydrogen-bond acceptors (Lipinski definition) is 6. The van der Waals surface area contributed by atoms with Crippen molar-refractivity contribution in [3.63, 3.8) is 0 Å². The first-order valence-electron chi connectivity index (χ1n) is 15.3.